The Morgan fingerprint density at radius 1 is 1.13 bits per heavy atom. The molecule has 1 heterocycles. The van der Waals surface area contributed by atoms with Crippen molar-refractivity contribution in [1.29, 1.82) is 0 Å². The lowest BCUT2D eigenvalue weighted by molar-refractivity contribution is -0.176. The largest absolute Gasteiger partial charge is 0.411 e. The van der Waals surface area contributed by atoms with Gasteiger partial charge in [0.05, 0.1) is 13.2 Å². The Labute approximate surface area is 176 Å². The molecule has 0 unspecified atom stereocenters. The fraction of sp³-hybridized carbons (Fsp3) is 0.667. The van der Waals surface area contributed by atoms with Crippen LogP contribution in [0.5, 0.6) is 0 Å². The normalized spacial score (nSPS) is 17.2. The van der Waals surface area contributed by atoms with Gasteiger partial charge in [-0.05, 0) is 45.0 Å². The third-order valence-corrected chi connectivity index (χ3v) is 5.28. The summed E-state index contributed by atoms with van der Waals surface area (Å²) in [5.41, 5.74) is 1.71. The summed E-state index contributed by atoms with van der Waals surface area (Å²) >= 11 is 0. The third-order valence-electron chi connectivity index (χ3n) is 5.28. The van der Waals surface area contributed by atoms with Crippen LogP contribution in [0.3, 0.4) is 0 Å². The minimum Gasteiger partial charge on any atom is -0.381 e. The Morgan fingerprint density at radius 3 is 2.33 bits per heavy atom. The fourth-order valence-corrected chi connectivity index (χ4v) is 3.32. The van der Waals surface area contributed by atoms with E-state index >= 15 is 0 Å². The zero-order valence-electron chi connectivity index (χ0n) is 18.0. The number of benzene rings is 1. The first-order valence-corrected chi connectivity index (χ1v) is 10.2. The molecule has 0 aliphatic carbocycles. The summed E-state index contributed by atoms with van der Waals surface area (Å²) < 4.78 is 46.7. The molecule has 30 heavy (non-hydrogen) atoms. The van der Waals surface area contributed by atoms with Crippen LogP contribution in [0.2, 0.25) is 0 Å². The molecule has 1 aromatic rings. The maximum Gasteiger partial charge on any atom is 0.411 e. The molecule has 2 rings (SSSR count). The molecule has 1 saturated heterocycles. The van der Waals surface area contributed by atoms with Crippen LogP contribution < -0.4 is 10.6 Å². The molecule has 0 spiro atoms. The summed E-state index contributed by atoms with van der Waals surface area (Å²) in [6, 6.07) is 7.26. The Kier molecular flexibility index (Phi) is 9.38. The number of alkyl halides is 3. The van der Waals surface area contributed by atoms with Gasteiger partial charge in [0, 0.05) is 31.8 Å². The minimum atomic E-state index is -4.31. The number of rotatable bonds is 9. The van der Waals surface area contributed by atoms with Gasteiger partial charge in [0.2, 0.25) is 0 Å². The van der Waals surface area contributed by atoms with Gasteiger partial charge in [-0.1, -0.05) is 24.3 Å². The van der Waals surface area contributed by atoms with Crippen LogP contribution in [0.15, 0.2) is 29.3 Å². The van der Waals surface area contributed by atoms with Crippen molar-refractivity contribution >= 4 is 5.96 Å². The van der Waals surface area contributed by atoms with Crippen LogP contribution in [0.1, 0.15) is 30.9 Å². The first-order chi connectivity index (χ1) is 14.2. The van der Waals surface area contributed by atoms with Gasteiger partial charge in [-0.15, -0.1) is 0 Å². The average molecular weight is 431 g/mol. The molecule has 0 aromatic heterocycles. The summed E-state index contributed by atoms with van der Waals surface area (Å²) in [7, 11) is 4.19. The summed E-state index contributed by atoms with van der Waals surface area (Å²) in [6.07, 6.45) is -2.38. The van der Waals surface area contributed by atoms with Crippen molar-refractivity contribution in [1.82, 2.24) is 15.5 Å². The predicted molar refractivity (Wildman–Crippen MR) is 111 cm³/mol. The summed E-state index contributed by atoms with van der Waals surface area (Å²) in [5, 5.41) is 6.72. The highest BCUT2D eigenvalue weighted by atomic mass is 19.4. The lowest BCUT2D eigenvalue weighted by Gasteiger charge is -2.43. The zero-order chi connectivity index (χ0) is 22.0. The zero-order valence-corrected chi connectivity index (χ0v) is 18.0. The van der Waals surface area contributed by atoms with E-state index in [1.54, 1.807) is 12.1 Å². The quantitative estimate of drug-likeness (QED) is 0.466. The molecule has 6 nitrogen and oxygen atoms in total. The number of aliphatic imine (C=N–C) groups is 1. The lowest BCUT2D eigenvalue weighted by Crippen LogP contribution is -2.57. The molecule has 1 aromatic carbocycles. The Hall–Kier alpha value is -1.84. The smallest absolute Gasteiger partial charge is 0.381 e. The molecule has 0 saturated carbocycles. The van der Waals surface area contributed by atoms with E-state index < -0.39 is 12.8 Å². The molecule has 9 heteroatoms. The van der Waals surface area contributed by atoms with E-state index in [2.05, 4.69) is 39.4 Å². The highest BCUT2D eigenvalue weighted by Crippen LogP contribution is 2.25. The van der Waals surface area contributed by atoms with E-state index in [9.17, 15) is 13.2 Å². The van der Waals surface area contributed by atoms with Crippen molar-refractivity contribution in [2.75, 3.05) is 47.0 Å². The molecule has 1 aliphatic rings. The SMILES string of the molecule is CCNC(=NCc1ccc(COCC(F)(F)F)cc1)NCC1(N(C)C)CCOCC1. The second kappa shape index (κ2) is 11.5. The van der Waals surface area contributed by atoms with E-state index in [4.69, 9.17) is 4.74 Å². The van der Waals surface area contributed by atoms with E-state index in [1.807, 2.05) is 19.1 Å². The number of halogens is 3. The van der Waals surface area contributed by atoms with Gasteiger partial charge in [-0.25, -0.2) is 4.99 Å². The first kappa shape index (κ1) is 24.4. The van der Waals surface area contributed by atoms with Crippen LogP contribution >= 0.6 is 0 Å². The van der Waals surface area contributed by atoms with Gasteiger partial charge in [0.25, 0.3) is 0 Å². The number of hydrogen-bond acceptors (Lipinski definition) is 4. The van der Waals surface area contributed by atoms with Crippen molar-refractivity contribution in [2.24, 2.45) is 4.99 Å². The standard InChI is InChI=1S/C21H33F3N4O2/c1-4-25-19(27-15-20(28(2)3)9-11-29-12-10-20)26-13-17-5-7-18(8-6-17)14-30-16-21(22,23)24/h5-8H,4,9-16H2,1-3H3,(H2,25,26,27). The van der Waals surface area contributed by atoms with Crippen molar-refractivity contribution < 1.29 is 22.6 Å². The number of hydrogen-bond donors (Lipinski definition) is 2. The van der Waals surface area contributed by atoms with Crippen molar-refractivity contribution in [2.45, 2.75) is 44.6 Å². The number of likely N-dealkylation sites (N-methyl/N-ethyl adjacent to an activating group) is 1. The second-order valence-corrected chi connectivity index (χ2v) is 7.70. The highest BCUT2D eigenvalue weighted by Gasteiger charge is 2.34. The third kappa shape index (κ3) is 8.12. The highest BCUT2D eigenvalue weighted by molar-refractivity contribution is 5.79. The van der Waals surface area contributed by atoms with Gasteiger partial charge in [0.1, 0.15) is 6.61 Å². The minimum absolute atomic E-state index is 0.0342. The van der Waals surface area contributed by atoms with Gasteiger partial charge in [0.15, 0.2) is 5.96 Å². The average Bonchev–Trinajstić information content (AvgIpc) is 2.71. The Balaban J connectivity index is 1.90. The van der Waals surface area contributed by atoms with E-state index in [0.29, 0.717) is 12.1 Å². The van der Waals surface area contributed by atoms with Gasteiger partial charge < -0.3 is 25.0 Å². The predicted octanol–water partition coefficient (Wildman–Crippen LogP) is 2.93. The van der Waals surface area contributed by atoms with E-state index in [1.165, 1.54) is 0 Å². The number of nitrogens with one attached hydrogen (secondary N) is 2. The van der Waals surface area contributed by atoms with Crippen LogP contribution in [-0.4, -0.2) is 69.6 Å². The molecule has 170 valence electrons. The Morgan fingerprint density at radius 2 is 1.77 bits per heavy atom. The topological polar surface area (TPSA) is 58.1 Å². The van der Waals surface area contributed by atoms with Crippen LogP contribution in [-0.2, 0) is 22.6 Å². The van der Waals surface area contributed by atoms with Crippen LogP contribution in [0.25, 0.3) is 0 Å². The van der Waals surface area contributed by atoms with Crippen LogP contribution in [0.4, 0.5) is 13.2 Å². The summed E-state index contributed by atoms with van der Waals surface area (Å²) in [5.74, 6) is 0.739. The molecular formula is C21H33F3N4O2. The van der Waals surface area contributed by atoms with Crippen LogP contribution in [0, 0.1) is 0 Å². The molecule has 0 atom stereocenters. The summed E-state index contributed by atoms with van der Waals surface area (Å²) in [6.45, 7) is 4.21. The molecule has 1 aliphatic heterocycles. The maximum absolute atomic E-state index is 12.2. The first-order valence-electron chi connectivity index (χ1n) is 10.2. The number of guanidine groups is 1. The van der Waals surface area contributed by atoms with Crippen molar-refractivity contribution in [3.63, 3.8) is 0 Å². The van der Waals surface area contributed by atoms with Gasteiger partial charge in [-0.2, -0.15) is 13.2 Å². The van der Waals surface area contributed by atoms with Crippen molar-refractivity contribution in [3.8, 4) is 0 Å². The molecule has 2 N–H and O–H groups in total. The molecule has 0 bridgehead atoms. The number of nitrogens with zero attached hydrogens (tertiary/aromatic N) is 2. The molecule has 1 fully saturated rings. The van der Waals surface area contributed by atoms with Crippen molar-refractivity contribution in [3.05, 3.63) is 35.4 Å². The monoisotopic (exact) mass is 430 g/mol. The maximum atomic E-state index is 12.2. The molecule has 0 amide bonds. The molecular weight excluding hydrogens is 397 g/mol. The van der Waals surface area contributed by atoms with E-state index in [-0.39, 0.29) is 12.1 Å². The van der Waals surface area contributed by atoms with E-state index in [0.717, 1.165) is 50.7 Å². The lowest BCUT2D eigenvalue weighted by atomic mass is 9.88. The number of ether oxygens (including phenoxy) is 2. The Bertz CT molecular complexity index is 657. The fourth-order valence-electron chi connectivity index (χ4n) is 3.32. The summed E-state index contributed by atoms with van der Waals surface area (Å²) in [4.78, 5) is 6.90. The van der Waals surface area contributed by atoms with Gasteiger partial charge >= 0.3 is 6.18 Å². The molecule has 0 radical (unpaired) electrons. The second-order valence-electron chi connectivity index (χ2n) is 7.70. The van der Waals surface area contributed by atoms with Gasteiger partial charge in [-0.3, -0.25) is 0 Å².